The molecule has 0 aliphatic carbocycles. The molecule has 0 N–H and O–H groups in total. The van der Waals surface area contributed by atoms with Crippen molar-refractivity contribution < 1.29 is 0 Å². The van der Waals surface area contributed by atoms with E-state index in [1.807, 2.05) is 31.2 Å². The van der Waals surface area contributed by atoms with E-state index in [4.69, 9.17) is 0 Å². The number of hydrogen-bond acceptors (Lipinski definition) is 4. The average molecular weight is 159 g/mol. The summed E-state index contributed by atoms with van der Waals surface area (Å²) in [5, 5.41) is 14.3. The summed E-state index contributed by atoms with van der Waals surface area (Å²) in [7, 11) is 0. The quantitative estimate of drug-likeness (QED) is 0.565. The van der Waals surface area contributed by atoms with Crippen LogP contribution >= 0.6 is 0 Å². The Labute approximate surface area is 70.0 Å². The van der Waals surface area contributed by atoms with Gasteiger partial charge in [-0.05, 0) is 39.7 Å². The number of hydrogen-bond donors (Lipinski definition) is 0. The topological polar surface area (TPSA) is 49.4 Å². The normalized spacial score (nSPS) is 14.2. The summed E-state index contributed by atoms with van der Waals surface area (Å²) >= 11 is 0. The molecule has 0 amide bonds. The third-order valence-electron chi connectivity index (χ3n) is 1.60. The largest absolute Gasteiger partial charge is 0.313 e. The van der Waals surface area contributed by atoms with E-state index in [0.29, 0.717) is 6.17 Å². The summed E-state index contributed by atoms with van der Waals surface area (Å²) < 4.78 is 0. The van der Waals surface area contributed by atoms with Crippen LogP contribution in [-0.4, -0.2) is 0 Å². The second-order valence-corrected chi connectivity index (χ2v) is 2.57. The Morgan fingerprint density at radius 3 is 2.58 bits per heavy atom. The number of rotatable bonds is 1. The Morgan fingerprint density at radius 2 is 1.92 bits per heavy atom. The van der Waals surface area contributed by atoms with Crippen molar-refractivity contribution in [1.82, 2.24) is 0 Å². The molecule has 0 fully saturated rings. The van der Waals surface area contributed by atoms with E-state index in [-0.39, 0.29) is 0 Å². The first-order chi connectivity index (χ1) is 5.86. The van der Waals surface area contributed by atoms with E-state index < -0.39 is 0 Å². The fourth-order valence-corrected chi connectivity index (χ4v) is 1.04. The van der Waals surface area contributed by atoms with Crippen LogP contribution in [0.4, 0.5) is 0 Å². The van der Waals surface area contributed by atoms with Crippen molar-refractivity contribution in [2.75, 3.05) is 0 Å². The zero-order valence-corrected chi connectivity index (χ0v) is 6.60. The van der Waals surface area contributed by atoms with Gasteiger partial charge in [0.25, 0.3) is 0 Å². The third-order valence-corrected chi connectivity index (χ3v) is 1.60. The van der Waals surface area contributed by atoms with Gasteiger partial charge < -0.3 is 0 Å². The first-order valence-corrected chi connectivity index (χ1v) is 3.62. The second kappa shape index (κ2) is 2.73. The van der Waals surface area contributed by atoms with E-state index in [1.165, 1.54) is 5.56 Å². The fraction of sp³-hybridized carbons (Fsp3) is 0.125. The van der Waals surface area contributed by atoms with E-state index in [2.05, 4.69) is 20.7 Å². The lowest BCUT2D eigenvalue weighted by molar-refractivity contribution is 1.02. The summed E-state index contributed by atoms with van der Waals surface area (Å²) in [6.07, 6.45) is 0.582. The molecule has 0 saturated carbocycles. The highest BCUT2D eigenvalue weighted by Crippen LogP contribution is 2.22. The Morgan fingerprint density at radius 1 is 1.17 bits per heavy atom. The predicted molar refractivity (Wildman–Crippen MR) is 43.2 cm³/mol. The Hall–Kier alpha value is -1.71. The molecule has 58 valence electrons. The third kappa shape index (κ3) is 1.18. The molecule has 0 bridgehead atoms. The molecule has 4 nitrogen and oxygen atoms in total. The zero-order chi connectivity index (χ0) is 8.39. The fourth-order valence-electron chi connectivity index (χ4n) is 1.04. The van der Waals surface area contributed by atoms with E-state index in [0.717, 1.165) is 5.56 Å². The van der Waals surface area contributed by atoms with Gasteiger partial charge in [0.1, 0.15) is 0 Å². The van der Waals surface area contributed by atoms with E-state index >= 15 is 0 Å². The van der Waals surface area contributed by atoms with Crippen molar-refractivity contribution >= 4 is 0 Å². The van der Waals surface area contributed by atoms with Crippen LogP contribution in [0.3, 0.4) is 0 Å². The Bertz CT molecular complexity index is 331. The van der Waals surface area contributed by atoms with Gasteiger partial charge in [-0.25, -0.2) is 0 Å². The lowest BCUT2D eigenvalue weighted by Crippen LogP contribution is -1.89. The minimum absolute atomic E-state index is 0.582. The Kier molecular flexibility index (Phi) is 1.59. The van der Waals surface area contributed by atoms with Crippen LogP contribution in [0.5, 0.6) is 0 Å². The van der Waals surface area contributed by atoms with Crippen molar-refractivity contribution in [1.29, 1.82) is 0 Å². The minimum atomic E-state index is 0.582. The highest BCUT2D eigenvalue weighted by atomic mass is 15.6. The van der Waals surface area contributed by atoms with Gasteiger partial charge in [0.2, 0.25) is 0 Å². The van der Waals surface area contributed by atoms with Crippen molar-refractivity contribution in [3.05, 3.63) is 41.6 Å². The summed E-state index contributed by atoms with van der Waals surface area (Å²) in [6.45, 7) is 2.02. The van der Waals surface area contributed by atoms with Crippen LogP contribution in [0.2, 0.25) is 0 Å². The van der Waals surface area contributed by atoms with Gasteiger partial charge in [-0.15, -0.1) is 0 Å². The minimum Gasteiger partial charge on any atom is -0.0362 e. The molecular weight excluding hydrogens is 152 g/mol. The lowest BCUT2D eigenvalue weighted by atomic mass is 10.1. The molecule has 1 aromatic rings. The number of nitrogens with zero attached hydrogens (tertiary/aromatic N) is 4. The van der Waals surface area contributed by atoms with Crippen molar-refractivity contribution in [3.8, 4) is 0 Å². The SMILES string of the molecule is Cc1cccc([C+]2N=NN=N2)c1. The Balaban J connectivity index is 2.34. The van der Waals surface area contributed by atoms with Gasteiger partial charge in [-0.1, -0.05) is 0 Å². The van der Waals surface area contributed by atoms with Gasteiger partial charge >= 0.3 is 6.17 Å². The maximum atomic E-state index is 3.76. The average Bonchev–Trinajstić information content (AvgIpc) is 2.56. The van der Waals surface area contributed by atoms with E-state index in [1.54, 1.807) is 0 Å². The molecule has 4 heteroatoms. The molecule has 1 aliphatic heterocycles. The van der Waals surface area contributed by atoms with Crippen LogP contribution in [0, 0.1) is 13.1 Å². The van der Waals surface area contributed by atoms with Crippen LogP contribution < -0.4 is 0 Å². The van der Waals surface area contributed by atoms with Gasteiger partial charge in [-0.3, -0.25) is 0 Å². The highest BCUT2D eigenvalue weighted by Gasteiger charge is 2.22. The van der Waals surface area contributed by atoms with E-state index in [9.17, 15) is 0 Å². The molecular formula is C8H7N4+. The highest BCUT2D eigenvalue weighted by molar-refractivity contribution is 5.32. The maximum absolute atomic E-state index is 3.76. The van der Waals surface area contributed by atoms with Gasteiger partial charge in [-0.2, -0.15) is 0 Å². The summed E-state index contributed by atoms with van der Waals surface area (Å²) in [4.78, 5) is 0. The van der Waals surface area contributed by atoms with Gasteiger partial charge in [0.15, 0.2) is 5.56 Å². The molecule has 2 rings (SSSR count). The summed E-state index contributed by atoms with van der Waals surface area (Å²) in [5.74, 6) is 0. The number of benzene rings is 1. The zero-order valence-electron chi connectivity index (χ0n) is 6.60. The van der Waals surface area contributed by atoms with Crippen molar-refractivity contribution in [2.45, 2.75) is 6.92 Å². The standard InChI is InChI=1S/C8H7N4/c1-6-3-2-4-7(5-6)8-9-11-12-10-8/h2-5H,1H3/q+1. The molecule has 1 aromatic carbocycles. The molecule has 0 unspecified atom stereocenters. The van der Waals surface area contributed by atoms with Crippen molar-refractivity contribution in [2.24, 2.45) is 20.7 Å². The van der Waals surface area contributed by atoms with Crippen LogP contribution in [0.1, 0.15) is 11.1 Å². The van der Waals surface area contributed by atoms with Gasteiger partial charge in [0.05, 0.1) is 12.1 Å². The maximum Gasteiger partial charge on any atom is 0.313 e. The first-order valence-electron chi connectivity index (χ1n) is 3.62. The lowest BCUT2D eigenvalue weighted by Gasteiger charge is -1.90. The van der Waals surface area contributed by atoms with Crippen LogP contribution in [-0.2, 0) is 0 Å². The van der Waals surface area contributed by atoms with Crippen molar-refractivity contribution in [3.63, 3.8) is 0 Å². The molecule has 0 radical (unpaired) electrons. The smallest absolute Gasteiger partial charge is 0.0362 e. The molecule has 0 aromatic heterocycles. The molecule has 0 atom stereocenters. The summed E-state index contributed by atoms with van der Waals surface area (Å²) in [6, 6.07) is 7.92. The number of aryl methyl sites for hydroxylation is 1. The molecule has 12 heavy (non-hydrogen) atoms. The van der Waals surface area contributed by atoms with Crippen LogP contribution in [0.15, 0.2) is 44.9 Å². The van der Waals surface area contributed by atoms with Crippen LogP contribution in [0.25, 0.3) is 0 Å². The predicted octanol–water partition coefficient (Wildman–Crippen LogP) is 2.67. The molecule has 0 saturated heterocycles. The molecule has 0 spiro atoms. The molecule has 1 heterocycles. The molecule has 1 aliphatic rings. The monoisotopic (exact) mass is 159 g/mol. The second-order valence-electron chi connectivity index (χ2n) is 2.57. The first kappa shape index (κ1) is 6.97. The van der Waals surface area contributed by atoms with Gasteiger partial charge in [0, 0.05) is 5.56 Å². The summed E-state index contributed by atoms with van der Waals surface area (Å²) in [5.41, 5.74) is 2.14.